The molecule has 1 fully saturated rings. The highest BCUT2D eigenvalue weighted by Gasteiger charge is 2.47. The summed E-state index contributed by atoms with van der Waals surface area (Å²) in [5.41, 5.74) is -1.52. The van der Waals surface area contributed by atoms with E-state index < -0.39 is 54.4 Å². The summed E-state index contributed by atoms with van der Waals surface area (Å²) in [5, 5.41) is 50.0. The minimum Gasteiger partial charge on any atom is -0.394 e. The van der Waals surface area contributed by atoms with Gasteiger partial charge < -0.3 is 35.0 Å². The summed E-state index contributed by atoms with van der Waals surface area (Å²) in [5.74, 6) is -0.0406. The largest absolute Gasteiger partial charge is 0.394 e. The molecule has 154 valence electrons. The fourth-order valence-corrected chi connectivity index (χ4v) is 3.58. The zero-order valence-corrected chi connectivity index (χ0v) is 16.1. The molecule has 0 aromatic rings. The molecule has 8 heteroatoms. The van der Waals surface area contributed by atoms with Gasteiger partial charge in [-0.3, -0.25) is 4.79 Å². The Kier molecular flexibility index (Phi) is 6.63. The molecule has 0 saturated carbocycles. The molecule has 8 nitrogen and oxygen atoms in total. The van der Waals surface area contributed by atoms with Gasteiger partial charge in [0.2, 0.25) is 0 Å². The Hall–Kier alpha value is -1.13. The van der Waals surface area contributed by atoms with Gasteiger partial charge in [-0.05, 0) is 31.6 Å². The van der Waals surface area contributed by atoms with Gasteiger partial charge in [0.15, 0.2) is 12.1 Å². The minimum absolute atomic E-state index is 0.0406. The van der Waals surface area contributed by atoms with Crippen molar-refractivity contribution in [3.63, 3.8) is 0 Å². The van der Waals surface area contributed by atoms with Crippen LogP contribution in [0, 0.1) is 5.41 Å². The highest BCUT2D eigenvalue weighted by Crippen LogP contribution is 2.44. The van der Waals surface area contributed by atoms with E-state index in [1.165, 1.54) is 6.08 Å². The van der Waals surface area contributed by atoms with Gasteiger partial charge in [-0.25, -0.2) is 0 Å². The Morgan fingerprint density at radius 1 is 1.30 bits per heavy atom. The third kappa shape index (κ3) is 4.32. The lowest BCUT2D eigenvalue weighted by molar-refractivity contribution is -0.306. The van der Waals surface area contributed by atoms with Crippen LogP contribution >= 0.6 is 0 Å². The van der Waals surface area contributed by atoms with Crippen LogP contribution in [0.15, 0.2) is 23.8 Å². The number of aliphatic hydroxyl groups excluding tert-OH is 4. The van der Waals surface area contributed by atoms with Crippen molar-refractivity contribution in [1.29, 1.82) is 0 Å². The molecule has 27 heavy (non-hydrogen) atoms. The Bertz CT molecular complexity index is 611. The number of hydrogen-bond acceptors (Lipinski definition) is 8. The smallest absolute Gasteiger partial charge is 0.187 e. The molecule has 0 aromatic heterocycles. The average Bonchev–Trinajstić information content (AvgIpc) is 2.58. The summed E-state index contributed by atoms with van der Waals surface area (Å²) in [6.45, 7) is 6.40. The van der Waals surface area contributed by atoms with E-state index in [2.05, 4.69) is 0 Å². The van der Waals surface area contributed by atoms with Gasteiger partial charge in [0.25, 0.3) is 0 Å². The number of rotatable bonds is 5. The number of carbonyl (C=O) groups excluding carboxylic acids is 1. The van der Waals surface area contributed by atoms with Crippen molar-refractivity contribution in [2.45, 2.75) is 76.5 Å². The lowest BCUT2D eigenvalue weighted by Crippen LogP contribution is -2.59. The van der Waals surface area contributed by atoms with E-state index in [0.717, 1.165) is 0 Å². The van der Waals surface area contributed by atoms with E-state index >= 15 is 0 Å². The molecular weight excluding hydrogens is 356 g/mol. The number of allylic oxidation sites excluding steroid dienone is 1. The van der Waals surface area contributed by atoms with Gasteiger partial charge in [0.05, 0.1) is 12.7 Å². The number of aliphatic hydroxyl groups is 5. The van der Waals surface area contributed by atoms with Gasteiger partial charge in [0.1, 0.15) is 30.0 Å². The van der Waals surface area contributed by atoms with Gasteiger partial charge >= 0.3 is 0 Å². The first-order chi connectivity index (χ1) is 12.4. The van der Waals surface area contributed by atoms with Crippen LogP contribution in [0.25, 0.3) is 0 Å². The molecule has 2 rings (SSSR count). The van der Waals surface area contributed by atoms with Crippen LogP contribution < -0.4 is 0 Å². The predicted octanol–water partition coefficient (Wildman–Crippen LogP) is -0.576. The second-order valence-corrected chi connectivity index (χ2v) is 8.02. The fourth-order valence-electron chi connectivity index (χ4n) is 3.58. The number of ketones is 1. The minimum atomic E-state index is -1.52. The van der Waals surface area contributed by atoms with E-state index in [0.29, 0.717) is 5.57 Å². The molecule has 2 aliphatic rings. The van der Waals surface area contributed by atoms with Crippen LogP contribution in [-0.4, -0.2) is 80.3 Å². The van der Waals surface area contributed by atoms with Crippen molar-refractivity contribution >= 4 is 5.78 Å². The first-order valence-electron chi connectivity index (χ1n) is 9.02. The monoisotopic (exact) mass is 386 g/mol. The number of carbonyl (C=O) groups is 1. The molecular formula is C19H30O8. The molecule has 1 saturated heterocycles. The van der Waals surface area contributed by atoms with Gasteiger partial charge in [0, 0.05) is 11.8 Å². The molecule has 0 unspecified atom stereocenters. The summed E-state index contributed by atoms with van der Waals surface area (Å²) in [6, 6.07) is 0. The molecule has 7 atom stereocenters. The summed E-state index contributed by atoms with van der Waals surface area (Å²) >= 11 is 0. The van der Waals surface area contributed by atoms with Gasteiger partial charge in [-0.2, -0.15) is 0 Å². The Labute approximate surface area is 158 Å². The van der Waals surface area contributed by atoms with E-state index in [1.807, 2.05) is 0 Å². The molecule has 0 amide bonds. The van der Waals surface area contributed by atoms with Crippen LogP contribution in [-0.2, 0) is 14.3 Å². The third-order valence-electron chi connectivity index (χ3n) is 5.43. The zero-order valence-electron chi connectivity index (χ0n) is 16.1. The summed E-state index contributed by atoms with van der Waals surface area (Å²) < 4.78 is 10.9. The third-order valence-corrected chi connectivity index (χ3v) is 5.43. The Balaban J connectivity index is 2.11. The molecule has 0 spiro atoms. The van der Waals surface area contributed by atoms with Crippen molar-refractivity contribution in [2.24, 2.45) is 5.41 Å². The second-order valence-electron chi connectivity index (χ2n) is 8.02. The highest BCUT2D eigenvalue weighted by atomic mass is 16.7. The summed E-state index contributed by atoms with van der Waals surface area (Å²) in [6.07, 6.45) is -2.64. The molecule has 1 heterocycles. The SMILES string of the molecule is CC1=CC(=O)CC(C)(C)[C@]1(O)C=C[C@@H](C)O[C@@H]1O[C@H](CO)[C@@H](O)[C@H](O)[C@H]1O. The predicted molar refractivity (Wildman–Crippen MR) is 95.6 cm³/mol. The van der Waals surface area contributed by atoms with Crippen molar-refractivity contribution < 1.29 is 39.8 Å². The number of hydrogen-bond donors (Lipinski definition) is 5. The summed E-state index contributed by atoms with van der Waals surface area (Å²) in [7, 11) is 0. The van der Waals surface area contributed by atoms with E-state index in [-0.39, 0.29) is 12.2 Å². The van der Waals surface area contributed by atoms with Crippen molar-refractivity contribution in [3.05, 3.63) is 23.8 Å². The Morgan fingerprint density at radius 3 is 2.48 bits per heavy atom. The molecule has 1 aliphatic carbocycles. The average molecular weight is 386 g/mol. The Morgan fingerprint density at radius 2 is 1.93 bits per heavy atom. The molecule has 0 bridgehead atoms. The second kappa shape index (κ2) is 8.08. The van der Waals surface area contributed by atoms with Gasteiger partial charge in [-0.1, -0.05) is 19.9 Å². The highest BCUT2D eigenvalue weighted by molar-refractivity contribution is 5.92. The number of ether oxygens (including phenoxy) is 2. The lowest BCUT2D eigenvalue weighted by Gasteiger charge is -2.44. The van der Waals surface area contributed by atoms with E-state index in [9.17, 15) is 30.3 Å². The summed E-state index contributed by atoms with van der Waals surface area (Å²) in [4.78, 5) is 11.8. The molecule has 5 N–H and O–H groups in total. The maximum Gasteiger partial charge on any atom is 0.187 e. The first kappa shape index (κ1) is 22.2. The van der Waals surface area contributed by atoms with Crippen LogP contribution in [0.1, 0.15) is 34.1 Å². The van der Waals surface area contributed by atoms with Crippen LogP contribution in [0.3, 0.4) is 0 Å². The fraction of sp³-hybridized carbons (Fsp3) is 0.737. The lowest BCUT2D eigenvalue weighted by atomic mass is 9.64. The van der Waals surface area contributed by atoms with Crippen molar-refractivity contribution in [2.75, 3.05) is 6.61 Å². The normalized spacial score (nSPS) is 40.9. The topological polar surface area (TPSA) is 137 Å². The molecule has 0 aromatic carbocycles. The zero-order chi connectivity index (χ0) is 20.6. The standard InChI is InChI=1S/C19H30O8/c1-10-7-12(21)8-18(3,4)19(10,25)6-5-11(2)26-17-16(24)15(23)14(22)13(9-20)27-17/h5-7,11,13-17,20,22-25H,8-9H2,1-4H3/t11-,13-,14-,15+,16-,17-,19+/m1/s1. The van der Waals surface area contributed by atoms with Crippen LogP contribution in [0.4, 0.5) is 0 Å². The van der Waals surface area contributed by atoms with Gasteiger partial charge in [-0.15, -0.1) is 0 Å². The maximum atomic E-state index is 11.8. The van der Waals surface area contributed by atoms with Crippen molar-refractivity contribution in [3.8, 4) is 0 Å². The quantitative estimate of drug-likeness (QED) is 0.396. The molecule has 0 radical (unpaired) electrons. The molecule has 1 aliphatic heterocycles. The van der Waals surface area contributed by atoms with Crippen LogP contribution in [0.2, 0.25) is 0 Å². The van der Waals surface area contributed by atoms with Crippen LogP contribution in [0.5, 0.6) is 0 Å². The van der Waals surface area contributed by atoms with E-state index in [1.54, 1.807) is 39.8 Å². The van der Waals surface area contributed by atoms with E-state index in [4.69, 9.17) is 9.47 Å². The van der Waals surface area contributed by atoms with Crippen molar-refractivity contribution in [1.82, 2.24) is 0 Å². The maximum absolute atomic E-state index is 11.8. The first-order valence-corrected chi connectivity index (χ1v) is 9.02.